The summed E-state index contributed by atoms with van der Waals surface area (Å²) in [6, 6.07) is 3.54. The second-order valence-electron chi connectivity index (χ2n) is 3.51. The summed E-state index contributed by atoms with van der Waals surface area (Å²) < 4.78 is 13.6. The Morgan fingerprint density at radius 1 is 1.62 bits per heavy atom. The minimum absolute atomic E-state index is 0.298. The molecule has 5 heteroatoms. The highest BCUT2D eigenvalue weighted by Gasteiger charge is 2.13. The molecule has 0 aliphatic rings. The zero-order chi connectivity index (χ0) is 12.1. The third kappa shape index (κ3) is 3.57. The van der Waals surface area contributed by atoms with Crippen molar-refractivity contribution in [1.29, 1.82) is 0 Å². The van der Waals surface area contributed by atoms with Crippen molar-refractivity contribution < 1.29 is 9.18 Å². The minimum Gasteiger partial charge on any atom is -0.324 e. The molecule has 0 aliphatic carbocycles. The molecule has 0 radical (unpaired) electrons. The van der Waals surface area contributed by atoms with Crippen LogP contribution in [0.2, 0.25) is 0 Å². The molecule has 1 aromatic rings. The van der Waals surface area contributed by atoms with Crippen LogP contribution in [-0.2, 0) is 4.79 Å². The SMILES string of the molecule is CCC[C@@H](N)C(=O)Nc1cc(F)ccc1Br. The summed E-state index contributed by atoms with van der Waals surface area (Å²) in [6.07, 6.45) is 1.44. The molecule has 16 heavy (non-hydrogen) atoms. The van der Waals surface area contributed by atoms with Gasteiger partial charge in [0.05, 0.1) is 11.7 Å². The first kappa shape index (κ1) is 13.1. The maximum atomic E-state index is 12.9. The van der Waals surface area contributed by atoms with Gasteiger partial charge in [-0.1, -0.05) is 13.3 Å². The molecule has 0 aliphatic heterocycles. The van der Waals surface area contributed by atoms with Gasteiger partial charge >= 0.3 is 0 Å². The highest BCUT2D eigenvalue weighted by atomic mass is 79.9. The number of hydrogen-bond acceptors (Lipinski definition) is 2. The van der Waals surface area contributed by atoms with Gasteiger partial charge in [0.15, 0.2) is 0 Å². The molecule has 1 aromatic carbocycles. The van der Waals surface area contributed by atoms with Crippen LogP contribution in [0, 0.1) is 5.82 Å². The van der Waals surface area contributed by atoms with Crippen LogP contribution in [0.25, 0.3) is 0 Å². The largest absolute Gasteiger partial charge is 0.324 e. The summed E-state index contributed by atoms with van der Waals surface area (Å²) in [7, 11) is 0. The Bertz CT molecular complexity index is 384. The Balaban J connectivity index is 2.72. The van der Waals surface area contributed by atoms with Crippen LogP contribution < -0.4 is 11.1 Å². The normalized spacial score (nSPS) is 12.2. The average Bonchev–Trinajstić information content (AvgIpc) is 2.23. The van der Waals surface area contributed by atoms with E-state index in [9.17, 15) is 9.18 Å². The summed E-state index contributed by atoms with van der Waals surface area (Å²) in [5, 5.41) is 2.58. The molecule has 1 amide bonds. The maximum Gasteiger partial charge on any atom is 0.241 e. The first-order chi connectivity index (χ1) is 7.54. The fourth-order valence-corrected chi connectivity index (χ4v) is 1.61. The molecule has 1 rings (SSSR count). The number of nitrogens with one attached hydrogen (secondary N) is 1. The topological polar surface area (TPSA) is 55.1 Å². The van der Waals surface area contributed by atoms with Gasteiger partial charge in [0, 0.05) is 4.47 Å². The molecule has 1 atom stereocenters. The lowest BCUT2D eigenvalue weighted by Gasteiger charge is -2.12. The molecule has 0 saturated carbocycles. The van der Waals surface area contributed by atoms with Gasteiger partial charge in [0.2, 0.25) is 5.91 Å². The van der Waals surface area contributed by atoms with E-state index in [1.807, 2.05) is 6.92 Å². The molecule has 0 saturated heterocycles. The lowest BCUT2D eigenvalue weighted by molar-refractivity contribution is -0.117. The molecule has 0 heterocycles. The Kier molecular flexibility index (Phi) is 4.89. The van der Waals surface area contributed by atoms with E-state index in [1.165, 1.54) is 18.2 Å². The van der Waals surface area contributed by atoms with E-state index in [-0.39, 0.29) is 5.91 Å². The number of halogens is 2. The second-order valence-corrected chi connectivity index (χ2v) is 4.36. The number of rotatable bonds is 4. The van der Waals surface area contributed by atoms with Crippen molar-refractivity contribution in [3.05, 3.63) is 28.5 Å². The summed E-state index contributed by atoms with van der Waals surface area (Å²) in [4.78, 5) is 11.6. The number of nitrogens with two attached hydrogens (primary N) is 1. The predicted molar refractivity (Wildman–Crippen MR) is 65.6 cm³/mol. The van der Waals surface area contributed by atoms with Gasteiger partial charge in [-0.2, -0.15) is 0 Å². The number of carbonyl (C=O) groups excluding carboxylic acids is 1. The van der Waals surface area contributed by atoms with Gasteiger partial charge in [0.25, 0.3) is 0 Å². The molecule has 0 aromatic heterocycles. The van der Waals surface area contributed by atoms with Crippen molar-refractivity contribution in [3.63, 3.8) is 0 Å². The monoisotopic (exact) mass is 288 g/mol. The molecule has 0 spiro atoms. The van der Waals surface area contributed by atoms with Crippen molar-refractivity contribution in [2.24, 2.45) is 5.73 Å². The van der Waals surface area contributed by atoms with Gasteiger partial charge in [0.1, 0.15) is 5.82 Å². The predicted octanol–water partition coefficient (Wildman–Crippen LogP) is 2.65. The van der Waals surface area contributed by atoms with E-state index in [2.05, 4.69) is 21.2 Å². The molecule has 0 bridgehead atoms. The van der Waals surface area contributed by atoms with Gasteiger partial charge in [-0.3, -0.25) is 4.79 Å². The Morgan fingerprint density at radius 3 is 2.94 bits per heavy atom. The van der Waals surface area contributed by atoms with Crippen LogP contribution in [0.5, 0.6) is 0 Å². The summed E-state index contributed by atoms with van der Waals surface area (Å²) in [5.41, 5.74) is 6.04. The third-order valence-electron chi connectivity index (χ3n) is 2.12. The summed E-state index contributed by atoms with van der Waals surface area (Å²) >= 11 is 3.22. The van der Waals surface area contributed by atoms with Crippen LogP contribution in [0.3, 0.4) is 0 Å². The second kappa shape index (κ2) is 5.96. The van der Waals surface area contributed by atoms with E-state index in [0.29, 0.717) is 16.6 Å². The smallest absolute Gasteiger partial charge is 0.241 e. The zero-order valence-corrected chi connectivity index (χ0v) is 10.6. The average molecular weight is 289 g/mol. The molecular formula is C11H14BrFN2O. The van der Waals surface area contributed by atoms with Crippen LogP contribution in [-0.4, -0.2) is 11.9 Å². The number of carbonyl (C=O) groups is 1. The quantitative estimate of drug-likeness (QED) is 0.895. The maximum absolute atomic E-state index is 12.9. The van der Waals surface area contributed by atoms with Gasteiger partial charge in [-0.05, 0) is 40.5 Å². The van der Waals surface area contributed by atoms with E-state index in [1.54, 1.807) is 0 Å². The standard InChI is InChI=1S/C11H14BrFN2O/c1-2-3-9(14)11(16)15-10-6-7(13)4-5-8(10)12/h4-6,9H,2-3,14H2,1H3,(H,15,16)/t9-/m1/s1. The van der Waals surface area contributed by atoms with Crippen molar-refractivity contribution >= 4 is 27.5 Å². The number of amides is 1. The van der Waals surface area contributed by atoms with Gasteiger partial charge in [-0.25, -0.2) is 4.39 Å². The third-order valence-corrected chi connectivity index (χ3v) is 2.81. The molecule has 88 valence electrons. The van der Waals surface area contributed by atoms with Crippen molar-refractivity contribution in [2.45, 2.75) is 25.8 Å². The molecule has 0 unspecified atom stereocenters. The molecule has 0 fully saturated rings. The molecule has 3 N–H and O–H groups in total. The zero-order valence-electron chi connectivity index (χ0n) is 8.97. The van der Waals surface area contributed by atoms with E-state index < -0.39 is 11.9 Å². The lowest BCUT2D eigenvalue weighted by atomic mass is 10.1. The summed E-state index contributed by atoms with van der Waals surface area (Å²) in [6.45, 7) is 1.95. The minimum atomic E-state index is -0.555. The molecular weight excluding hydrogens is 275 g/mol. The van der Waals surface area contributed by atoms with Crippen LogP contribution >= 0.6 is 15.9 Å². The Hall–Kier alpha value is -0.940. The van der Waals surface area contributed by atoms with Crippen LogP contribution in [0.15, 0.2) is 22.7 Å². The molecule has 3 nitrogen and oxygen atoms in total. The van der Waals surface area contributed by atoms with E-state index in [0.717, 1.165) is 6.42 Å². The highest BCUT2D eigenvalue weighted by molar-refractivity contribution is 9.10. The first-order valence-corrected chi connectivity index (χ1v) is 5.85. The fourth-order valence-electron chi connectivity index (χ4n) is 1.26. The van der Waals surface area contributed by atoms with Crippen molar-refractivity contribution in [3.8, 4) is 0 Å². The van der Waals surface area contributed by atoms with Crippen LogP contribution in [0.1, 0.15) is 19.8 Å². The van der Waals surface area contributed by atoms with E-state index >= 15 is 0 Å². The fraction of sp³-hybridized carbons (Fsp3) is 0.364. The summed E-state index contributed by atoms with van der Waals surface area (Å²) in [5.74, 6) is -0.698. The van der Waals surface area contributed by atoms with Gasteiger partial charge < -0.3 is 11.1 Å². The number of benzene rings is 1. The Labute approximate surface area is 102 Å². The lowest BCUT2D eigenvalue weighted by Crippen LogP contribution is -2.35. The number of hydrogen-bond donors (Lipinski definition) is 2. The first-order valence-electron chi connectivity index (χ1n) is 5.06. The highest BCUT2D eigenvalue weighted by Crippen LogP contribution is 2.23. The van der Waals surface area contributed by atoms with Crippen molar-refractivity contribution in [2.75, 3.05) is 5.32 Å². The number of anilines is 1. The van der Waals surface area contributed by atoms with Gasteiger partial charge in [-0.15, -0.1) is 0 Å². The van der Waals surface area contributed by atoms with E-state index in [4.69, 9.17) is 5.73 Å². The van der Waals surface area contributed by atoms with Crippen LogP contribution in [0.4, 0.5) is 10.1 Å². The Morgan fingerprint density at radius 2 is 2.31 bits per heavy atom. The van der Waals surface area contributed by atoms with Crippen molar-refractivity contribution in [1.82, 2.24) is 0 Å².